The van der Waals surface area contributed by atoms with Crippen LogP contribution in [-0.4, -0.2) is 41.3 Å². The Kier molecular flexibility index (Phi) is 9.17. The van der Waals surface area contributed by atoms with E-state index in [9.17, 15) is 4.79 Å². The molecule has 7 heteroatoms. The van der Waals surface area contributed by atoms with Crippen LogP contribution >= 0.6 is 27.7 Å². The van der Waals surface area contributed by atoms with Crippen molar-refractivity contribution in [2.24, 2.45) is 4.99 Å². The van der Waals surface area contributed by atoms with E-state index in [4.69, 9.17) is 14.5 Å². The minimum absolute atomic E-state index is 0.0903. The van der Waals surface area contributed by atoms with Crippen LogP contribution in [0, 0.1) is 0 Å². The molecule has 3 aliphatic rings. The third-order valence-corrected chi connectivity index (χ3v) is 8.21. The lowest BCUT2D eigenvalue weighted by atomic mass is 9.94. The number of aliphatic imine (C=N–C) groups is 1. The molecule has 1 amide bonds. The molecule has 3 fully saturated rings. The van der Waals surface area contributed by atoms with Crippen LogP contribution in [0.3, 0.4) is 0 Å². The zero-order valence-corrected chi connectivity index (χ0v) is 22.5. The van der Waals surface area contributed by atoms with Crippen LogP contribution in [0.2, 0.25) is 0 Å². The fourth-order valence-electron chi connectivity index (χ4n) is 4.97. The molecule has 0 unspecified atom stereocenters. The first-order valence-corrected chi connectivity index (χ1v) is 14.2. The molecule has 5 nitrogen and oxygen atoms in total. The summed E-state index contributed by atoms with van der Waals surface area (Å²) in [7, 11) is 0. The van der Waals surface area contributed by atoms with Gasteiger partial charge in [0, 0.05) is 6.04 Å². The quantitative estimate of drug-likeness (QED) is 0.252. The molecule has 0 bridgehead atoms. The number of rotatable bonds is 8. The molecule has 2 aliphatic carbocycles. The van der Waals surface area contributed by atoms with E-state index in [2.05, 4.69) is 22.5 Å². The third kappa shape index (κ3) is 6.09. The van der Waals surface area contributed by atoms with Crippen molar-refractivity contribution in [2.75, 3.05) is 13.2 Å². The Morgan fingerprint density at radius 2 is 1.82 bits per heavy atom. The van der Waals surface area contributed by atoms with Gasteiger partial charge in [0.25, 0.3) is 5.91 Å². The number of benzene rings is 1. The van der Waals surface area contributed by atoms with E-state index in [-0.39, 0.29) is 11.9 Å². The molecule has 34 heavy (non-hydrogen) atoms. The summed E-state index contributed by atoms with van der Waals surface area (Å²) < 4.78 is 12.4. The van der Waals surface area contributed by atoms with Crippen LogP contribution < -0.4 is 9.47 Å². The van der Waals surface area contributed by atoms with Crippen LogP contribution in [0.25, 0.3) is 6.08 Å². The van der Waals surface area contributed by atoms with E-state index >= 15 is 0 Å². The Labute approximate surface area is 216 Å². The van der Waals surface area contributed by atoms with Crippen molar-refractivity contribution in [2.45, 2.75) is 83.2 Å². The Hall–Kier alpha value is -1.73. The second kappa shape index (κ2) is 12.3. The van der Waals surface area contributed by atoms with Crippen molar-refractivity contribution in [3.8, 4) is 11.5 Å². The van der Waals surface area contributed by atoms with Gasteiger partial charge in [-0.2, -0.15) is 0 Å². The number of halogens is 1. The molecule has 0 radical (unpaired) electrons. The molecule has 0 aromatic heterocycles. The maximum Gasteiger partial charge on any atom is 0.266 e. The van der Waals surface area contributed by atoms with Crippen molar-refractivity contribution in [1.29, 1.82) is 0 Å². The average molecular weight is 548 g/mol. The molecular weight excluding hydrogens is 512 g/mol. The van der Waals surface area contributed by atoms with Gasteiger partial charge in [-0.1, -0.05) is 51.2 Å². The number of carbonyl (C=O) groups excluding carboxylic acids is 1. The molecular formula is C27H35BrN2O3S. The lowest BCUT2D eigenvalue weighted by Crippen LogP contribution is -2.41. The highest BCUT2D eigenvalue weighted by Gasteiger charge is 2.39. The number of carbonyl (C=O) groups is 1. The molecule has 1 aliphatic heterocycles. The normalized spacial score (nSPS) is 22.5. The molecule has 1 saturated heterocycles. The third-order valence-electron chi connectivity index (χ3n) is 6.62. The van der Waals surface area contributed by atoms with Crippen LogP contribution in [-0.2, 0) is 4.79 Å². The summed E-state index contributed by atoms with van der Waals surface area (Å²) in [6.45, 7) is 6.59. The smallest absolute Gasteiger partial charge is 0.266 e. The van der Waals surface area contributed by atoms with E-state index in [1.165, 1.54) is 50.3 Å². The van der Waals surface area contributed by atoms with E-state index in [1.807, 2.05) is 30.0 Å². The second-order valence-corrected chi connectivity index (χ2v) is 11.0. The van der Waals surface area contributed by atoms with Gasteiger partial charge in [0.15, 0.2) is 16.7 Å². The molecule has 1 aromatic carbocycles. The van der Waals surface area contributed by atoms with Crippen molar-refractivity contribution in [3.63, 3.8) is 0 Å². The summed E-state index contributed by atoms with van der Waals surface area (Å²) in [6.07, 6.45) is 15.5. The van der Waals surface area contributed by atoms with Gasteiger partial charge < -0.3 is 9.47 Å². The maximum atomic E-state index is 13.6. The lowest BCUT2D eigenvalue weighted by Gasteiger charge is -2.31. The van der Waals surface area contributed by atoms with Crippen molar-refractivity contribution >= 4 is 44.8 Å². The van der Waals surface area contributed by atoms with Gasteiger partial charge in [-0.25, -0.2) is 0 Å². The standard InChI is InChI=1S/C27H35BrN2O3S/c1-3-15-33-25-22(28)16-19(17-23(25)32-4-2)18-24-26(31)30(21-13-9-6-10-14-21)27(34-24)29-20-11-7-5-8-12-20/h3,16-18,20-21H,1,4-15H2,2H3. The Bertz CT molecular complexity index is 949. The van der Waals surface area contributed by atoms with Crippen LogP contribution in [0.1, 0.15) is 76.7 Å². The van der Waals surface area contributed by atoms with E-state index in [1.54, 1.807) is 6.08 Å². The first kappa shape index (κ1) is 25.4. The topological polar surface area (TPSA) is 51.1 Å². The van der Waals surface area contributed by atoms with Crippen LogP contribution in [0.15, 0.2) is 39.2 Å². The summed E-state index contributed by atoms with van der Waals surface area (Å²) in [5.74, 6) is 1.39. The highest BCUT2D eigenvalue weighted by atomic mass is 79.9. The number of ether oxygens (including phenoxy) is 2. The van der Waals surface area contributed by atoms with Gasteiger partial charge in [0.2, 0.25) is 0 Å². The summed E-state index contributed by atoms with van der Waals surface area (Å²) in [6, 6.07) is 4.52. The number of thioether (sulfide) groups is 1. The van der Waals surface area contributed by atoms with Gasteiger partial charge in [-0.15, -0.1) is 0 Å². The minimum atomic E-state index is 0.0903. The highest BCUT2D eigenvalue weighted by molar-refractivity contribution is 9.10. The molecule has 0 N–H and O–H groups in total. The van der Waals surface area contributed by atoms with E-state index in [0.29, 0.717) is 30.8 Å². The molecule has 4 rings (SSSR count). The highest BCUT2D eigenvalue weighted by Crippen LogP contribution is 2.41. The number of nitrogens with zero attached hydrogens (tertiary/aromatic N) is 2. The monoisotopic (exact) mass is 546 g/mol. The lowest BCUT2D eigenvalue weighted by molar-refractivity contribution is -0.124. The first-order chi connectivity index (χ1) is 16.6. The van der Waals surface area contributed by atoms with Gasteiger partial charge in [-0.3, -0.25) is 14.7 Å². The zero-order chi connectivity index (χ0) is 23.9. The zero-order valence-electron chi connectivity index (χ0n) is 20.1. The number of hydrogen-bond acceptors (Lipinski definition) is 5. The minimum Gasteiger partial charge on any atom is -0.490 e. The number of amides is 1. The SMILES string of the molecule is C=CCOc1c(Br)cc(C=C2SC(=NC3CCCCC3)N(C3CCCCC3)C2=O)cc1OCC. The second-order valence-electron chi connectivity index (χ2n) is 9.14. The molecule has 0 spiro atoms. The number of hydrogen-bond donors (Lipinski definition) is 0. The largest absolute Gasteiger partial charge is 0.490 e. The van der Waals surface area contributed by atoms with Gasteiger partial charge in [-0.05, 0) is 84.1 Å². The Balaban J connectivity index is 1.65. The molecule has 1 aromatic rings. The molecule has 2 saturated carbocycles. The predicted octanol–water partition coefficient (Wildman–Crippen LogP) is 7.35. The fourth-order valence-corrected chi connectivity index (χ4v) is 6.66. The van der Waals surface area contributed by atoms with Crippen LogP contribution in [0.5, 0.6) is 11.5 Å². The predicted molar refractivity (Wildman–Crippen MR) is 145 cm³/mol. The molecule has 184 valence electrons. The van der Waals surface area contributed by atoms with E-state index < -0.39 is 0 Å². The summed E-state index contributed by atoms with van der Waals surface area (Å²) >= 11 is 5.16. The summed E-state index contributed by atoms with van der Waals surface area (Å²) in [5, 5.41) is 0.907. The van der Waals surface area contributed by atoms with Crippen molar-refractivity contribution in [3.05, 3.63) is 39.7 Å². The molecule has 0 atom stereocenters. The fraction of sp³-hybridized carbons (Fsp3) is 0.556. The number of amidine groups is 1. The van der Waals surface area contributed by atoms with Crippen molar-refractivity contribution < 1.29 is 14.3 Å². The van der Waals surface area contributed by atoms with Gasteiger partial charge in [0.05, 0.1) is 22.0 Å². The first-order valence-electron chi connectivity index (χ1n) is 12.6. The van der Waals surface area contributed by atoms with Gasteiger partial charge >= 0.3 is 0 Å². The summed E-state index contributed by atoms with van der Waals surface area (Å²) in [5.41, 5.74) is 0.902. The Morgan fingerprint density at radius 3 is 2.50 bits per heavy atom. The maximum absolute atomic E-state index is 13.6. The van der Waals surface area contributed by atoms with E-state index in [0.717, 1.165) is 45.8 Å². The average Bonchev–Trinajstić information content (AvgIpc) is 3.14. The Morgan fingerprint density at radius 1 is 1.12 bits per heavy atom. The summed E-state index contributed by atoms with van der Waals surface area (Å²) in [4.78, 5) is 21.5. The van der Waals surface area contributed by atoms with Gasteiger partial charge in [0.1, 0.15) is 6.61 Å². The van der Waals surface area contributed by atoms with Crippen molar-refractivity contribution in [1.82, 2.24) is 4.90 Å². The van der Waals surface area contributed by atoms with Crippen LogP contribution in [0.4, 0.5) is 0 Å². The molecule has 1 heterocycles.